The largest absolute Gasteiger partial charge is 0.490 e. The highest BCUT2D eigenvalue weighted by molar-refractivity contribution is 6.58. The first-order valence-corrected chi connectivity index (χ1v) is 6.58. The van der Waals surface area contributed by atoms with E-state index in [1.54, 1.807) is 6.07 Å². The third-order valence-corrected chi connectivity index (χ3v) is 3.13. The summed E-state index contributed by atoms with van der Waals surface area (Å²) in [5.74, 6) is 0.480. The summed E-state index contributed by atoms with van der Waals surface area (Å²) < 4.78 is 7.46. The van der Waals surface area contributed by atoms with E-state index in [-0.39, 0.29) is 0 Å². The molecule has 0 aliphatic carbocycles. The SMILES string of the molecule is CCC(C)n1ccc(COc2cncc(B(O)O)c2)n1. The topological polar surface area (TPSA) is 80.4 Å². The molecule has 106 valence electrons. The van der Waals surface area contributed by atoms with E-state index in [1.807, 2.05) is 16.9 Å². The van der Waals surface area contributed by atoms with Crippen LogP contribution in [-0.4, -0.2) is 31.9 Å². The summed E-state index contributed by atoms with van der Waals surface area (Å²) in [6.45, 7) is 4.53. The Labute approximate surface area is 118 Å². The highest BCUT2D eigenvalue weighted by Gasteiger charge is 2.12. The fraction of sp³-hybridized carbons (Fsp3) is 0.385. The Kier molecular flexibility index (Phi) is 4.76. The number of rotatable bonds is 6. The maximum Gasteiger partial charge on any atom is 0.490 e. The van der Waals surface area contributed by atoms with Crippen LogP contribution in [0.2, 0.25) is 0 Å². The van der Waals surface area contributed by atoms with Crippen molar-refractivity contribution in [3.8, 4) is 5.75 Å². The summed E-state index contributed by atoms with van der Waals surface area (Å²) in [6.07, 6.45) is 5.86. The van der Waals surface area contributed by atoms with E-state index in [1.165, 1.54) is 12.4 Å². The van der Waals surface area contributed by atoms with Gasteiger partial charge in [0.1, 0.15) is 12.4 Å². The average Bonchev–Trinajstić information content (AvgIpc) is 2.93. The van der Waals surface area contributed by atoms with Gasteiger partial charge in [0, 0.05) is 23.9 Å². The molecule has 0 radical (unpaired) electrons. The molecule has 1 unspecified atom stereocenters. The van der Waals surface area contributed by atoms with Gasteiger partial charge < -0.3 is 14.8 Å². The molecule has 0 bridgehead atoms. The van der Waals surface area contributed by atoms with Gasteiger partial charge in [-0.3, -0.25) is 9.67 Å². The Balaban J connectivity index is 1.98. The highest BCUT2D eigenvalue weighted by Crippen LogP contribution is 2.12. The number of pyridine rings is 1. The lowest BCUT2D eigenvalue weighted by molar-refractivity contribution is 0.297. The molecule has 0 fully saturated rings. The number of hydrogen-bond acceptors (Lipinski definition) is 5. The summed E-state index contributed by atoms with van der Waals surface area (Å²) in [5, 5.41) is 22.6. The van der Waals surface area contributed by atoms with Gasteiger partial charge in [-0.15, -0.1) is 0 Å². The molecule has 2 rings (SSSR count). The van der Waals surface area contributed by atoms with E-state index in [2.05, 4.69) is 23.9 Å². The summed E-state index contributed by atoms with van der Waals surface area (Å²) in [7, 11) is -1.55. The lowest BCUT2D eigenvalue weighted by atomic mass is 9.82. The highest BCUT2D eigenvalue weighted by atomic mass is 16.5. The molecule has 7 heteroatoms. The number of aromatic nitrogens is 3. The maximum absolute atomic E-state index is 9.07. The second-order valence-corrected chi connectivity index (χ2v) is 4.66. The van der Waals surface area contributed by atoms with Crippen molar-refractivity contribution in [2.24, 2.45) is 0 Å². The second kappa shape index (κ2) is 6.54. The Morgan fingerprint density at radius 2 is 2.20 bits per heavy atom. The minimum atomic E-state index is -1.55. The van der Waals surface area contributed by atoms with Gasteiger partial charge in [-0.25, -0.2) is 0 Å². The second-order valence-electron chi connectivity index (χ2n) is 4.66. The third kappa shape index (κ3) is 3.58. The molecule has 2 aromatic rings. The van der Waals surface area contributed by atoms with Crippen molar-refractivity contribution < 1.29 is 14.8 Å². The monoisotopic (exact) mass is 275 g/mol. The molecule has 0 aromatic carbocycles. The minimum absolute atomic E-state index is 0.299. The van der Waals surface area contributed by atoms with Crippen LogP contribution in [0.4, 0.5) is 0 Å². The normalized spacial score (nSPS) is 12.2. The lowest BCUT2D eigenvalue weighted by Crippen LogP contribution is -2.30. The molecule has 0 spiro atoms. The molecule has 0 saturated carbocycles. The Hall–Kier alpha value is -1.86. The smallest absolute Gasteiger partial charge is 0.486 e. The predicted molar refractivity (Wildman–Crippen MR) is 75.6 cm³/mol. The van der Waals surface area contributed by atoms with Gasteiger partial charge in [-0.2, -0.15) is 5.10 Å². The van der Waals surface area contributed by atoms with Crippen LogP contribution in [0.1, 0.15) is 32.0 Å². The zero-order chi connectivity index (χ0) is 14.5. The summed E-state index contributed by atoms with van der Waals surface area (Å²) >= 11 is 0. The van der Waals surface area contributed by atoms with Gasteiger partial charge in [0.15, 0.2) is 0 Å². The minimum Gasteiger partial charge on any atom is -0.486 e. The molecule has 1 atom stereocenters. The molecule has 0 saturated heterocycles. The van der Waals surface area contributed by atoms with E-state index < -0.39 is 7.12 Å². The fourth-order valence-electron chi connectivity index (χ4n) is 1.70. The van der Waals surface area contributed by atoms with E-state index in [4.69, 9.17) is 14.8 Å². The molecule has 20 heavy (non-hydrogen) atoms. The van der Waals surface area contributed by atoms with Gasteiger partial charge in [0.25, 0.3) is 0 Å². The van der Waals surface area contributed by atoms with Gasteiger partial charge in [-0.1, -0.05) is 6.92 Å². The van der Waals surface area contributed by atoms with Crippen LogP contribution in [0.15, 0.2) is 30.7 Å². The first-order valence-electron chi connectivity index (χ1n) is 6.58. The van der Waals surface area contributed by atoms with Crippen LogP contribution in [-0.2, 0) is 6.61 Å². The summed E-state index contributed by atoms with van der Waals surface area (Å²) in [5.41, 5.74) is 1.12. The van der Waals surface area contributed by atoms with Gasteiger partial charge in [-0.05, 0) is 25.5 Å². The number of nitrogens with zero attached hydrogens (tertiary/aromatic N) is 3. The maximum atomic E-state index is 9.07. The van der Waals surface area contributed by atoms with Gasteiger partial charge in [0.2, 0.25) is 0 Å². The first kappa shape index (κ1) is 14.6. The fourth-order valence-corrected chi connectivity index (χ4v) is 1.70. The van der Waals surface area contributed by atoms with E-state index >= 15 is 0 Å². The molecule has 2 aromatic heterocycles. The van der Waals surface area contributed by atoms with Gasteiger partial charge in [0.05, 0.1) is 11.9 Å². The summed E-state index contributed by atoms with van der Waals surface area (Å²) in [4.78, 5) is 3.89. The Bertz CT molecular complexity index is 559. The van der Waals surface area contributed by atoms with Crippen molar-refractivity contribution >= 4 is 12.6 Å². The first-order chi connectivity index (χ1) is 9.60. The third-order valence-electron chi connectivity index (χ3n) is 3.13. The van der Waals surface area contributed by atoms with E-state index in [0.29, 0.717) is 23.9 Å². The van der Waals surface area contributed by atoms with Crippen LogP contribution >= 0.6 is 0 Å². The van der Waals surface area contributed by atoms with Crippen LogP contribution in [0, 0.1) is 0 Å². The quantitative estimate of drug-likeness (QED) is 0.751. The van der Waals surface area contributed by atoms with Crippen molar-refractivity contribution in [1.82, 2.24) is 14.8 Å². The predicted octanol–water partition coefficient (Wildman–Crippen LogP) is 0.508. The molecule has 0 aliphatic heterocycles. The molecule has 2 N–H and O–H groups in total. The van der Waals surface area contributed by atoms with Crippen molar-refractivity contribution in [2.45, 2.75) is 32.9 Å². The summed E-state index contributed by atoms with van der Waals surface area (Å²) in [6, 6.07) is 3.81. The molecular formula is C13H18BN3O3. The standard InChI is InChI=1S/C13H18BN3O3/c1-3-10(2)17-5-4-12(16-17)9-20-13-6-11(14(18)19)7-15-8-13/h4-8,10,18-19H,3,9H2,1-2H3. The van der Waals surface area contributed by atoms with Crippen molar-refractivity contribution in [2.75, 3.05) is 0 Å². The number of ether oxygens (including phenoxy) is 1. The van der Waals surface area contributed by atoms with Crippen molar-refractivity contribution in [3.05, 3.63) is 36.4 Å². The molecule has 0 amide bonds. The van der Waals surface area contributed by atoms with Crippen molar-refractivity contribution in [1.29, 1.82) is 0 Å². The van der Waals surface area contributed by atoms with E-state index in [9.17, 15) is 0 Å². The lowest BCUT2D eigenvalue weighted by Gasteiger charge is -2.08. The number of hydrogen-bond donors (Lipinski definition) is 2. The molecule has 2 heterocycles. The van der Waals surface area contributed by atoms with Crippen LogP contribution < -0.4 is 10.2 Å². The average molecular weight is 275 g/mol. The molecule has 0 aliphatic rings. The van der Waals surface area contributed by atoms with Crippen molar-refractivity contribution in [3.63, 3.8) is 0 Å². The zero-order valence-electron chi connectivity index (χ0n) is 11.6. The van der Waals surface area contributed by atoms with Gasteiger partial charge >= 0.3 is 7.12 Å². The van der Waals surface area contributed by atoms with Crippen LogP contribution in [0.3, 0.4) is 0 Å². The van der Waals surface area contributed by atoms with E-state index in [0.717, 1.165) is 12.1 Å². The Morgan fingerprint density at radius 1 is 1.40 bits per heavy atom. The Morgan fingerprint density at radius 3 is 2.90 bits per heavy atom. The van der Waals surface area contributed by atoms with Crippen LogP contribution in [0.5, 0.6) is 5.75 Å². The molecular weight excluding hydrogens is 257 g/mol. The van der Waals surface area contributed by atoms with Crippen LogP contribution in [0.25, 0.3) is 0 Å². The molecule has 6 nitrogen and oxygen atoms in total. The zero-order valence-corrected chi connectivity index (χ0v) is 11.6.